The first-order valence-corrected chi connectivity index (χ1v) is 5.32. The zero-order valence-corrected chi connectivity index (χ0v) is 9.81. The Hall–Kier alpha value is -0.160. The minimum atomic E-state index is 0.0519. The Morgan fingerprint density at radius 1 is 1.43 bits per heavy atom. The van der Waals surface area contributed by atoms with Gasteiger partial charge in [0.25, 0.3) is 0 Å². The van der Waals surface area contributed by atoms with Crippen LogP contribution in [0.3, 0.4) is 0 Å². The van der Waals surface area contributed by atoms with Crippen LogP contribution < -0.4 is 0 Å². The van der Waals surface area contributed by atoms with E-state index in [0.29, 0.717) is 6.54 Å². The van der Waals surface area contributed by atoms with E-state index in [1.807, 2.05) is 25.1 Å². The monoisotopic (exact) mass is 228 g/mol. The lowest BCUT2D eigenvalue weighted by atomic mass is 10.1. The lowest BCUT2D eigenvalue weighted by Gasteiger charge is -2.28. The van der Waals surface area contributed by atoms with Crippen molar-refractivity contribution < 1.29 is 5.11 Å². The molecule has 0 aliphatic carbocycles. The van der Waals surface area contributed by atoms with Crippen molar-refractivity contribution in [2.75, 3.05) is 6.54 Å². The largest absolute Gasteiger partial charge is 0.701 e. The van der Waals surface area contributed by atoms with Gasteiger partial charge in [-0.25, -0.2) is 0 Å². The molecule has 0 saturated carbocycles. The summed E-state index contributed by atoms with van der Waals surface area (Å²) in [7, 11) is 0. The summed E-state index contributed by atoms with van der Waals surface area (Å²) >= 11 is 9.36. The molecule has 0 fully saturated rings. The second-order valence-electron chi connectivity index (χ2n) is 3.07. The van der Waals surface area contributed by atoms with Gasteiger partial charge in [-0.1, -0.05) is 13.0 Å². The SMILES string of the molecule is CCN([S-])Cc1cc(S)ccc1CO. The van der Waals surface area contributed by atoms with Gasteiger partial charge >= 0.3 is 0 Å². The van der Waals surface area contributed by atoms with E-state index in [1.165, 1.54) is 0 Å². The second-order valence-corrected chi connectivity index (χ2v) is 4.10. The fourth-order valence-electron chi connectivity index (χ4n) is 1.22. The number of benzene rings is 1. The van der Waals surface area contributed by atoms with Gasteiger partial charge in [0, 0.05) is 11.4 Å². The average Bonchev–Trinajstić information content (AvgIpc) is 2.18. The summed E-state index contributed by atoms with van der Waals surface area (Å²) in [6.45, 7) is 3.56. The summed E-state index contributed by atoms with van der Waals surface area (Å²) in [5.41, 5.74) is 1.97. The first-order chi connectivity index (χ1) is 6.67. The first kappa shape index (κ1) is 11.9. The fraction of sp³-hybridized carbons (Fsp3) is 0.400. The lowest BCUT2D eigenvalue weighted by molar-refractivity contribution is 0.279. The van der Waals surface area contributed by atoms with Crippen LogP contribution in [0.15, 0.2) is 23.1 Å². The predicted octanol–water partition coefficient (Wildman–Crippen LogP) is 1.75. The summed E-state index contributed by atoms with van der Waals surface area (Å²) in [6.07, 6.45) is 0. The van der Waals surface area contributed by atoms with E-state index < -0.39 is 0 Å². The third-order valence-corrected chi connectivity index (χ3v) is 2.73. The van der Waals surface area contributed by atoms with Crippen LogP contribution in [0.25, 0.3) is 0 Å². The normalized spacial score (nSPS) is 10.9. The second kappa shape index (κ2) is 5.66. The highest BCUT2D eigenvalue weighted by Gasteiger charge is 2.01. The number of aliphatic hydroxyl groups is 1. The van der Waals surface area contributed by atoms with Crippen molar-refractivity contribution in [2.45, 2.75) is 25.0 Å². The zero-order chi connectivity index (χ0) is 10.6. The summed E-state index contributed by atoms with van der Waals surface area (Å²) in [4.78, 5) is 0.900. The molecular formula is C10H14NOS2-. The van der Waals surface area contributed by atoms with Crippen LogP contribution in [0.2, 0.25) is 0 Å². The number of hydrogen-bond donors (Lipinski definition) is 2. The molecule has 0 atom stereocenters. The van der Waals surface area contributed by atoms with Gasteiger partial charge in [-0.05, 0) is 29.8 Å². The van der Waals surface area contributed by atoms with Crippen molar-refractivity contribution in [1.29, 1.82) is 0 Å². The number of aliphatic hydroxyl groups excluding tert-OH is 1. The Balaban J connectivity index is 2.87. The van der Waals surface area contributed by atoms with Crippen LogP contribution in [-0.4, -0.2) is 16.0 Å². The molecule has 0 amide bonds. The molecule has 0 aliphatic heterocycles. The maximum Gasteiger partial charge on any atom is 0.0685 e. The molecule has 0 heterocycles. The summed E-state index contributed by atoms with van der Waals surface area (Å²) in [6, 6.07) is 5.71. The molecule has 0 aromatic heterocycles. The smallest absolute Gasteiger partial charge is 0.0685 e. The van der Waals surface area contributed by atoms with E-state index in [-0.39, 0.29) is 6.61 Å². The molecule has 2 nitrogen and oxygen atoms in total. The van der Waals surface area contributed by atoms with Crippen LogP contribution in [0.5, 0.6) is 0 Å². The van der Waals surface area contributed by atoms with E-state index in [0.717, 1.165) is 22.6 Å². The van der Waals surface area contributed by atoms with Gasteiger partial charge in [-0.15, -0.1) is 12.6 Å². The molecule has 0 saturated heterocycles. The Morgan fingerprint density at radius 2 is 2.14 bits per heavy atom. The van der Waals surface area contributed by atoms with Crippen molar-refractivity contribution in [3.63, 3.8) is 0 Å². The van der Waals surface area contributed by atoms with Crippen molar-refractivity contribution in [1.82, 2.24) is 4.31 Å². The molecule has 1 N–H and O–H groups in total. The molecule has 0 unspecified atom stereocenters. The van der Waals surface area contributed by atoms with Crippen LogP contribution in [0.4, 0.5) is 0 Å². The first-order valence-electron chi connectivity index (χ1n) is 4.51. The molecular weight excluding hydrogens is 214 g/mol. The summed E-state index contributed by atoms with van der Waals surface area (Å²) in [5.74, 6) is 0. The van der Waals surface area contributed by atoms with E-state index >= 15 is 0 Å². The van der Waals surface area contributed by atoms with Crippen LogP contribution in [-0.2, 0) is 26.0 Å². The van der Waals surface area contributed by atoms with E-state index in [4.69, 9.17) is 17.9 Å². The Kier molecular flexibility index (Phi) is 4.81. The average molecular weight is 228 g/mol. The molecule has 1 aromatic rings. The van der Waals surface area contributed by atoms with E-state index in [9.17, 15) is 0 Å². The lowest BCUT2D eigenvalue weighted by Crippen LogP contribution is -2.16. The highest BCUT2D eigenvalue weighted by Crippen LogP contribution is 2.16. The van der Waals surface area contributed by atoms with Crippen LogP contribution in [0, 0.1) is 0 Å². The molecule has 78 valence electrons. The van der Waals surface area contributed by atoms with Crippen molar-refractivity contribution in [3.05, 3.63) is 29.3 Å². The van der Waals surface area contributed by atoms with Gasteiger partial charge in [0.2, 0.25) is 0 Å². The number of hydrogen-bond acceptors (Lipinski definition) is 4. The van der Waals surface area contributed by atoms with Gasteiger partial charge < -0.3 is 22.2 Å². The topological polar surface area (TPSA) is 23.5 Å². The fourth-order valence-corrected chi connectivity index (χ4v) is 1.59. The van der Waals surface area contributed by atoms with Crippen LogP contribution in [0.1, 0.15) is 18.1 Å². The van der Waals surface area contributed by atoms with Crippen molar-refractivity contribution in [2.24, 2.45) is 0 Å². The molecule has 14 heavy (non-hydrogen) atoms. The van der Waals surface area contributed by atoms with Gasteiger partial charge in [-0.2, -0.15) is 0 Å². The molecule has 0 bridgehead atoms. The Morgan fingerprint density at radius 3 is 2.71 bits per heavy atom. The molecule has 4 heteroatoms. The number of rotatable bonds is 4. The molecule has 0 aliphatic rings. The predicted molar refractivity (Wildman–Crippen MR) is 63.1 cm³/mol. The standard InChI is InChI=1S/C10H14NOS2/c1-2-11(14)6-9-5-10(13)4-3-8(9)7-12/h3-5,12-13H,2,6-7H2,1H3/q-1. The zero-order valence-electron chi connectivity index (χ0n) is 8.10. The van der Waals surface area contributed by atoms with Crippen LogP contribution >= 0.6 is 12.6 Å². The Bertz CT molecular complexity index is 304. The van der Waals surface area contributed by atoms with Gasteiger partial charge in [-0.3, -0.25) is 0 Å². The van der Waals surface area contributed by atoms with Gasteiger partial charge in [0.15, 0.2) is 0 Å². The highest BCUT2D eigenvalue weighted by molar-refractivity contribution is 7.80. The van der Waals surface area contributed by atoms with E-state index in [1.54, 1.807) is 4.31 Å². The number of thiol groups is 1. The molecule has 0 spiro atoms. The minimum Gasteiger partial charge on any atom is -0.701 e. The Labute approximate surface area is 95.9 Å². The van der Waals surface area contributed by atoms with Crippen molar-refractivity contribution >= 4 is 25.4 Å². The third-order valence-electron chi connectivity index (χ3n) is 2.06. The molecule has 1 rings (SSSR count). The highest BCUT2D eigenvalue weighted by atomic mass is 32.1. The summed E-state index contributed by atoms with van der Waals surface area (Å²) < 4.78 is 1.78. The van der Waals surface area contributed by atoms with E-state index in [2.05, 4.69) is 12.6 Å². The summed E-state index contributed by atoms with van der Waals surface area (Å²) in [5, 5.41) is 9.12. The molecule has 0 radical (unpaired) electrons. The van der Waals surface area contributed by atoms with Gasteiger partial charge in [0.1, 0.15) is 0 Å². The third kappa shape index (κ3) is 3.20. The van der Waals surface area contributed by atoms with Gasteiger partial charge in [0.05, 0.1) is 6.61 Å². The maximum absolute atomic E-state index is 9.12. The maximum atomic E-state index is 9.12. The molecule has 1 aromatic carbocycles. The quantitative estimate of drug-likeness (QED) is 0.606. The van der Waals surface area contributed by atoms with Crippen molar-refractivity contribution in [3.8, 4) is 0 Å². The minimum absolute atomic E-state index is 0.0519. The number of nitrogens with zero attached hydrogens (tertiary/aromatic N) is 1.